The fourth-order valence-corrected chi connectivity index (χ4v) is 1.15. The van der Waals surface area contributed by atoms with E-state index in [4.69, 9.17) is 5.11 Å². The molecule has 1 N–H and O–H groups in total. The molecule has 2 heteroatoms. The lowest BCUT2D eigenvalue weighted by Crippen LogP contribution is -1.83. The van der Waals surface area contributed by atoms with Crippen LogP contribution in [-0.4, -0.2) is 11.7 Å². The summed E-state index contributed by atoms with van der Waals surface area (Å²) in [5, 5.41) is 8.77. The molecule has 1 rings (SSSR count). The summed E-state index contributed by atoms with van der Waals surface area (Å²) >= 11 is 3.36. The van der Waals surface area contributed by atoms with Gasteiger partial charge in [-0.2, -0.15) is 0 Å². The maximum absolute atomic E-state index is 8.77. The van der Waals surface area contributed by atoms with Gasteiger partial charge in [-0.05, 0) is 30.2 Å². The molecule has 0 radical (unpaired) electrons. The lowest BCUT2D eigenvalue weighted by atomic mass is 10.1. The predicted octanol–water partition coefficient (Wildman–Crippen LogP) is 2.84. The first-order valence-electron chi connectivity index (χ1n) is 3.76. The van der Waals surface area contributed by atoms with E-state index in [1.54, 1.807) is 0 Å². The molecular weight excluding hydrogens is 216 g/mol. The molecule has 0 bridgehead atoms. The van der Waals surface area contributed by atoms with E-state index in [1.807, 2.05) is 37.3 Å². The van der Waals surface area contributed by atoms with Gasteiger partial charge in [0.1, 0.15) is 0 Å². The van der Waals surface area contributed by atoms with Crippen molar-refractivity contribution in [3.05, 3.63) is 39.9 Å². The SMILES string of the molecule is CC(=Cc1ccc(Br)cc1)CO. The summed E-state index contributed by atoms with van der Waals surface area (Å²) in [5.41, 5.74) is 2.09. The Morgan fingerprint density at radius 2 is 2.00 bits per heavy atom. The Balaban J connectivity index is 2.84. The van der Waals surface area contributed by atoms with Crippen LogP contribution in [0.3, 0.4) is 0 Å². The summed E-state index contributed by atoms with van der Waals surface area (Å²) < 4.78 is 1.07. The number of halogens is 1. The highest BCUT2D eigenvalue weighted by Gasteiger charge is 1.89. The zero-order chi connectivity index (χ0) is 8.97. The van der Waals surface area contributed by atoms with Crippen molar-refractivity contribution < 1.29 is 5.11 Å². The van der Waals surface area contributed by atoms with E-state index >= 15 is 0 Å². The number of aliphatic hydroxyl groups is 1. The molecule has 0 heterocycles. The van der Waals surface area contributed by atoms with Crippen LogP contribution in [0.2, 0.25) is 0 Å². The number of rotatable bonds is 2. The monoisotopic (exact) mass is 226 g/mol. The van der Waals surface area contributed by atoms with Crippen molar-refractivity contribution in [2.75, 3.05) is 6.61 Å². The molecule has 0 atom stereocenters. The van der Waals surface area contributed by atoms with Crippen molar-refractivity contribution in [3.63, 3.8) is 0 Å². The van der Waals surface area contributed by atoms with Crippen LogP contribution in [0.5, 0.6) is 0 Å². The topological polar surface area (TPSA) is 20.2 Å². The summed E-state index contributed by atoms with van der Waals surface area (Å²) in [4.78, 5) is 0. The summed E-state index contributed by atoms with van der Waals surface area (Å²) in [6.07, 6.45) is 1.96. The first-order chi connectivity index (χ1) is 5.72. The standard InChI is InChI=1S/C10H11BrO/c1-8(7-12)6-9-2-4-10(11)5-3-9/h2-6,12H,7H2,1H3. The number of hydrogen-bond acceptors (Lipinski definition) is 1. The fraction of sp³-hybridized carbons (Fsp3) is 0.200. The molecule has 1 aromatic carbocycles. The quantitative estimate of drug-likeness (QED) is 0.823. The van der Waals surface area contributed by atoms with Crippen LogP contribution in [0, 0.1) is 0 Å². The molecule has 0 aromatic heterocycles. The van der Waals surface area contributed by atoms with Gasteiger partial charge in [-0.3, -0.25) is 0 Å². The third-order valence-corrected chi connectivity index (χ3v) is 2.06. The molecule has 0 spiro atoms. The minimum atomic E-state index is 0.121. The number of benzene rings is 1. The molecule has 1 nitrogen and oxygen atoms in total. The maximum Gasteiger partial charge on any atom is 0.0642 e. The third-order valence-electron chi connectivity index (χ3n) is 1.53. The highest BCUT2D eigenvalue weighted by Crippen LogP contribution is 2.12. The Morgan fingerprint density at radius 1 is 1.42 bits per heavy atom. The van der Waals surface area contributed by atoms with Gasteiger partial charge in [-0.1, -0.05) is 34.1 Å². The molecule has 0 amide bonds. The molecule has 0 aliphatic heterocycles. The minimum Gasteiger partial charge on any atom is -0.392 e. The summed E-state index contributed by atoms with van der Waals surface area (Å²) in [6, 6.07) is 7.97. The highest BCUT2D eigenvalue weighted by molar-refractivity contribution is 9.10. The summed E-state index contributed by atoms with van der Waals surface area (Å²) in [5.74, 6) is 0. The van der Waals surface area contributed by atoms with Crippen LogP contribution in [-0.2, 0) is 0 Å². The molecule has 0 unspecified atom stereocenters. The minimum absolute atomic E-state index is 0.121. The second kappa shape index (κ2) is 4.43. The van der Waals surface area contributed by atoms with Crippen LogP contribution in [0.25, 0.3) is 6.08 Å². The van der Waals surface area contributed by atoms with Crippen LogP contribution in [0.15, 0.2) is 34.3 Å². The van der Waals surface area contributed by atoms with Crippen LogP contribution < -0.4 is 0 Å². The maximum atomic E-state index is 8.77. The molecule has 12 heavy (non-hydrogen) atoms. The van der Waals surface area contributed by atoms with Crippen molar-refractivity contribution in [1.82, 2.24) is 0 Å². The Bertz CT molecular complexity index is 274. The van der Waals surface area contributed by atoms with E-state index in [9.17, 15) is 0 Å². The van der Waals surface area contributed by atoms with Crippen LogP contribution in [0.1, 0.15) is 12.5 Å². The van der Waals surface area contributed by atoms with Gasteiger partial charge in [0, 0.05) is 4.47 Å². The average molecular weight is 227 g/mol. The molecule has 1 aromatic rings. The summed E-state index contributed by atoms with van der Waals surface area (Å²) in [7, 11) is 0. The first-order valence-corrected chi connectivity index (χ1v) is 4.55. The number of hydrogen-bond donors (Lipinski definition) is 1. The molecule has 0 aliphatic rings. The second-order valence-electron chi connectivity index (χ2n) is 2.70. The largest absolute Gasteiger partial charge is 0.392 e. The van der Waals surface area contributed by atoms with Crippen molar-refractivity contribution in [3.8, 4) is 0 Å². The molecule has 0 fully saturated rings. The van der Waals surface area contributed by atoms with Gasteiger partial charge in [0.15, 0.2) is 0 Å². The van der Waals surface area contributed by atoms with E-state index in [0.717, 1.165) is 15.6 Å². The van der Waals surface area contributed by atoms with E-state index in [1.165, 1.54) is 0 Å². The number of aliphatic hydroxyl groups excluding tert-OH is 1. The lowest BCUT2D eigenvalue weighted by Gasteiger charge is -1.96. The molecule has 0 aliphatic carbocycles. The molecule has 64 valence electrons. The zero-order valence-corrected chi connectivity index (χ0v) is 8.51. The second-order valence-corrected chi connectivity index (χ2v) is 3.62. The van der Waals surface area contributed by atoms with Gasteiger partial charge in [0.05, 0.1) is 6.61 Å². The van der Waals surface area contributed by atoms with Crippen molar-refractivity contribution in [2.24, 2.45) is 0 Å². The lowest BCUT2D eigenvalue weighted by molar-refractivity contribution is 0.332. The highest BCUT2D eigenvalue weighted by atomic mass is 79.9. The Morgan fingerprint density at radius 3 is 2.50 bits per heavy atom. The molecular formula is C10H11BrO. The smallest absolute Gasteiger partial charge is 0.0642 e. The van der Waals surface area contributed by atoms with Gasteiger partial charge in [-0.25, -0.2) is 0 Å². The van der Waals surface area contributed by atoms with Crippen LogP contribution >= 0.6 is 15.9 Å². The molecule has 0 saturated heterocycles. The summed E-state index contributed by atoms with van der Waals surface area (Å²) in [6.45, 7) is 2.03. The van der Waals surface area contributed by atoms with Gasteiger partial charge in [0.25, 0.3) is 0 Å². The van der Waals surface area contributed by atoms with Gasteiger partial charge < -0.3 is 5.11 Å². The van der Waals surface area contributed by atoms with Crippen molar-refractivity contribution in [2.45, 2.75) is 6.92 Å². The third kappa shape index (κ3) is 2.80. The Hall–Kier alpha value is -0.600. The van der Waals surface area contributed by atoms with Crippen molar-refractivity contribution in [1.29, 1.82) is 0 Å². The first kappa shape index (κ1) is 9.49. The van der Waals surface area contributed by atoms with Crippen LogP contribution in [0.4, 0.5) is 0 Å². The Kier molecular flexibility index (Phi) is 3.50. The van der Waals surface area contributed by atoms with Gasteiger partial charge >= 0.3 is 0 Å². The normalized spacial score (nSPS) is 11.8. The Labute approximate surface area is 80.9 Å². The van der Waals surface area contributed by atoms with Gasteiger partial charge in [-0.15, -0.1) is 0 Å². The van der Waals surface area contributed by atoms with E-state index in [2.05, 4.69) is 15.9 Å². The zero-order valence-electron chi connectivity index (χ0n) is 6.92. The van der Waals surface area contributed by atoms with E-state index in [-0.39, 0.29) is 6.61 Å². The van der Waals surface area contributed by atoms with E-state index < -0.39 is 0 Å². The predicted molar refractivity (Wildman–Crippen MR) is 54.9 cm³/mol. The van der Waals surface area contributed by atoms with Gasteiger partial charge in [0.2, 0.25) is 0 Å². The fourth-order valence-electron chi connectivity index (χ4n) is 0.889. The van der Waals surface area contributed by atoms with Crippen molar-refractivity contribution >= 4 is 22.0 Å². The average Bonchev–Trinajstić information content (AvgIpc) is 2.09. The van der Waals surface area contributed by atoms with E-state index in [0.29, 0.717) is 0 Å². The molecule has 0 saturated carbocycles.